The van der Waals surface area contributed by atoms with Crippen molar-refractivity contribution in [3.05, 3.63) is 84.6 Å². The summed E-state index contributed by atoms with van der Waals surface area (Å²) in [5, 5.41) is 0.790. The smallest absolute Gasteiger partial charge is 0.432 e. The number of hydrogen-bond donors (Lipinski definition) is 0. The van der Waals surface area contributed by atoms with Crippen molar-refractivity contribution in [2.45, 2.75) is 76.2 Å². The standard InChI is InChI=1S/C37H47F3N2O4/c1-5-7-8-9-13-21-42-22-19-28(27(6-2)26-42)23-32(24-29-18-20-41-34-17-16-31(44-3)25-33(29)34)46-35(43)36(45-4,37(38,39)40)30-14-11-10-12-15-30/h6,10-12,14-18,20,25,27-28,32H,2,5,7-9,13,19,21-24,26H2,1,3-4H3/t27-,28-,32-,36+/m0/s1. The lowest BCUT2D eigenvalue weighted by Gasteiger charge is -2.39. The van der Waals surface area contributed by atoms with E-state index in [-0.39, 0.29) is 23.8 Å². The number of likely N-dealkylation sites (tertiary alicyclic amines) is 1. The molecule has 1 aliphatic rings. The Morgan fingerprint density at radius 2 is 1.85 bits per heavy atom. The van der Waals surface area contributed by atoms with Crippen LogP contribution in [0.2, 0.25) is 0 Å². The number of alkyl halides is 3. The van der Waals surface area contributed by atoms with Crippen LogP contribution in [0.4, 0.5) is 13.2 Å². The van der Waals surface area contributed by atoms with Gasteiger partial charge < -0.3 is 19.1 Å². The first-order valence-electron chi connectivity index (χ1n) is 16.3. The minimum Gasteiger partial charge on any atom is -0.497 e. The molecule has 2 heterocycles. The van der Waals surface area contributed by atoms with Gasteiger partial charge in [-0.15, -0.1) is 6.58 Å². The molecule has 250 valence electrons. The summed E-state index contributed by atoms with van der Waals surface area (Å²) in [6.07, 6.45) is 5.14. The Balaban J connectivity index is 1.63. The number of aromatic nitrogens is 1. The minimum atomic E-state index is -5.06. The largest absolute Gasteiger partial charge is 0.497 e. The molecule has 4 rings (SSSR count). The number of rotatable bonds is 16. The average molecular weight is 641 g/mol. The zero-order chi connectivity index (χ0) is 33.2. The Labute approximate surface area is 270 Å². The maximum atomic E-state index is 14.8. The van der Waals surface area contributed by atoms with Gasteiger partial charge in [0.25, 0.3) is 5.60 Å². The van der Waals surface area contributed by atoms with Crippen LogP contribution in [0.3, 0.4) is 0 Å². The van der Waals surface area contributed by atoms with Gasteiger partial charge in [0.15, 0.2) is 0 Å². The number of halogens is 3. The fraction of sp³-hybridized carbons (Fsp3) is 0.514. The number of nitrogens with zero attached hydrogens (tertiary/aromatic N) is 2. The first-order chi connectivity index (χ1) is 22.2. The van der Waals surface area contributed by atoms with E-state index >= 15 is 0 Å². The second-order valence-corrected chi connectivity index (χ2v) is 12.2. The molecule has 1 fully saturated rings. The molecule has 1 aliphatic heterocycles. The number of piperidine rings is 1. The molecule has 0 N–H and O–H groups in total. The zero-order valence-corrected chi connectivity index (χ0v) is 27.2. The van der Waals surface area contributed by atoms with Crippen LogP contribution in [0, 0.1) is 11.8 Å². The van der Waals surface area contributed by atoms with Gasteiger partial charge in [-0.2, -0.15) is 13.2 Å². The van der Waals surface area contributed by atoms with Crippen LogP contribution >= 0.6 is 0 Å². The molecule has 0 unspecified atom stereocenters. The highest BCUT2D eigenvalue weighted by molar-refractivity contribution is 5.84. The van der Waals surface area contributed by atoms with E-state index in [1.807, 2.05) is 24.3 Å². The van der Waals surface area contributed by atoms with Crippen LogP contribution in [-0.4, -0.2) is 62.0 Å². The van der Waals surface area contributed by atoms with E-state index in [2.05, 4.69) is 23.4 Å². The second-order valence-electron chi connectivity index (χ2n) is 12.2. The SMILES string of the molecule is C=C[C@H]1CN(CCCCCCC)CC[C@H]1C[C@@H](Cc1ccnc2ccc(OC)cc12)OC(=O)[C@](OC)(c1ccccc1)C(F)(F)F. The summed E-state index contributed by atoms with van der Waals surface area (Å²) in [6.45, 7) is 9.03. The van der Waals surface area contributed by atoms with Gasteiger partial charge in [-0.05, 0) is 74.0 Å². The summed E-state index contributed by atoms with van der Waals surface area (Å²) in [5.41, 5.74) is -2.08. The molecule has 0 amide bonds. The molecule has 0 saturated carbocycles. The summed E-state index contributed by atoms with van der Waals surface area (Å²) >= 11 is 0. The van der Waals surface area contributed by atoms with Gasteiger partial charge in [-0.3, -0.25) is 4.98 Å². The van der Waals surface area contributed by atoms with Crippen LogP contribution in [0.5, 0.6) is 5.75 Å². The Hall–Kier alpha value is -3.43. The number of ether oxygens (including phenoxy) is 3. The maximum Gasteiger partial charge on any atom is 0.432 e. The highest BCUT2D eigenvalue weighted by Crippen LogP contribution is 2.44. The van der Waals surface area contributed by atoms with Crippen molar-refractivity contribution in [1.29, 1.82) is 0 Å². The third-order valence-electron chi connectivity index (χ3n) is 9.27. The average Bonchev–Trinajstić information content (AvgIpc) is 3.05. The third-order valence-corrected chi connectivity index (χ3v) is 9.27. The van der Waals surface area contributed by atoms with Gasteiger partial charge in [0.2, 0.25) is 0 Å². The molecule has 46 heavy (non-hydrogen) atoms. The topological polar surface area (TPSA) is 60.9 Å². The molecule has 1 aromatic heterocycles. The Kier molecular flexibility index (Phi) is 12.6. The van der Waals surface area contributed by atoms with E-state index in [4.69, 9.17) is 14.2 Å². The van der Waals surface area contributed by atoms with Crippen LogP contribution in [0.25, 0.3) is 10.9 Å². The van der Waals surface area contributed by atoms with E-state index in [0.29, 0.717) is 17.7 Å². The highest BCUT2D eigenvalue weighted by Gasteiger charge is 2.64. The highest BCUT2D eigenvalue weighted by atomic mass is 19.4. The minimum absolute atomic E-state index is 0.0776. The third kappa shape index (κ3) is 8.28. The fourth-order valence-corrected chi connectivity index (χ4v) is 6.67. The molecule has 9 heteroatoms. The second kappa shape index (κ2) is 16.4. The van der Waals surface area contributed by atoms with E-state index < -0.39 is 23.9 Å². The quantitative estimate of drug-likeness (QED) is 0.0892. The van der Waals surface area contributed by atoms with Crippen molar-refractivity contribution >= 4 is 16.9 Å². The van der Waals surface area contributed by atoms with Crippen molar-refractivity contribution in [3.63, 3.8) is 0 Å². The van der Waals surface area contributed by atoms with Gasteiger partial charge in [0.05, 0.1) is 12.6 Å². The van der Waals surface area contributed by atoms with Crippen molar-refractivity contribution in [2.24, 2.45) is 11.8 Å². The molecule has 0 radical (unpaired) electrons. The van der Waals surface area contributed by atoms with E-state index in [9.17, 15) is 18.0 Å². The molecule has 4 atom stereocenters. The Morgan fingerprint density at radius 1 is 1.09 bits per heavy atom. The first kappa shape index (κ1) is 35.4. The van der Waals surface area contributed by atoms with Crippen LogP contribution in [0.1, 0.15) is 63.0 Å². The van der Waals surface area contributed by atoms with E-state index in [1.54, 1.807) is 25.4 Å². The fourth-order valence-electron chi connectivity index (χ4n) is 6.67. The van der Waals surface area contributed by atoms with Gasteiger partial charge >= 0.3 is 12.1 Å². The summed E-state index contributed by atoms with van der Waals surface area (Å²) in [6, 6.07) is 14.3. The van der Waals surface area contributed by atoms with Gasteiger partial charge in [-0.1, -0.05) is 69.0 Å². The number of hydrogen-bond acceptors (Lipinski definition) is 6. The maximum absolute atomic E-state index is 14.8. The molecular weight excluding hydrogens is 593 g/mol. The number of benzene rings is 2. The molecule has 0 spiro atoms. The van der Waals surface area contributed by atoms with Crippen molar-refractivity contribution in [3.8, 4) is 5.75 Å². The number of fused-ring (bicyclic) bond motifs is 1. The first-order valence-corrected chi connectivity index (χ1v) is 16.3. The number of methoxy groups -OCH3 is 2. The van der Waals surface area contributed by atoms with Gasteiger partial charge in [0, 0.05) is 37.2 Å². The number of carbonyl (C=O) groups excluding carboxylic acids is 1. The molecule has 0 bridgehead atoms. The normalized spacial score (nSPS) is 19.3. The predicted molar refractivity (Wildman–Crippen MR) is 175 cm³/mol. The van der Waals surface area contributed by atoms with Crippen LogP contribution in [-0.2, 0) is 26.3 Å². The van der Waals surface area contributed by atoms with Crippen molar-refractivity contribution < 1.29 is 32.2 Å². The molecule has 1 saturated heterocycles. The number of carbonyl (C=O) groups is 1. The molecule has 2 aromatic carbocycles. The molecule has 3 aromatic rings. The lowest BCUT2D eigenvalue weighted by molar-refractivity contribution is -0.278. The van der Waals surface area contributed by atoms with Crippen LogP contribution < -0.4 is 4.74 Å². The van der Waals surface area contributed by atoms with E-state index in [0.717, 1.165) is 50.5 Å². The summed E-state index contributed by atoms with van der Waals surface area (Å²) in [4.78, 5) is 20.7. The van der Waals surface area contributed by atoms with Gasteiger partial charge in [0.1, 0.15) is 11.9 Å². The Bertz CT molecular complexity index is 1420. The lowest BCUT2D eigenvalue weighted by Crippen LogP contribution is -2.53. The molecular formula is C37H47F3N2O4. The predicted octanol–water partition coefficient (Wildman–Crippen LogP) is 8.29. The van der Waals surface area contributed by atoms with Crippen molar-refractivity contribution in [1.82, 2.24) is 9.88 Å². The van der Waals surface area contributed by atoms with Crippen molar-refractivity contribution in [2.75, 3.05) is 33.9 Å². The molecule has 0 aliphatic carbocycles. The summed E-state index contributed by atoms with van der Waals surface area (Å²) in [5.74, 6) is -0.657. The monoisotopic (exact) mass is 640 g/mol. The lowest BCUT2D eigenvalue weighted by atomic mass is 9.80. The number of pyridine rings is 1. The van der Waals surface area contributed by atoms with Crippen LogP contribution in [0.15, 0.2) is 73.4 Å². The number of esters is 1. The molecule has 6 nitrogen and oxygen atoms in total. The Morgan fingerprint density at radius 3 is 2.52 bits per heavy atom. The summed E-state index contributed by atoms with van der Waals surface area (Å²) in [7, 11) is 2.46. The van der Waals surface area contributed by atoms with E-state index in [1.165, 1.54) is 49.9 Å². The zero-order valence-electron chi connectivity index (χ0n) is 27.2. The summed E-state index contributed by atoms with van der Waals surface area (Å²) < 4.78 is 60.8. The van der Waals surface area contributed by atoms with Gasteiger partial charge in [-0.25, -0.2) is 4.79 Å². The number of unbranched alkanes of at least 4 members (excludes halogenated alkanes) is 4.